The Morgan fingerprint density at radius 3 is 2.68 bits per heavy atom. The third kappa shape index (κ3) is 3.90. The molecule has 1 atom stereocenters. The lowest BCUT2D eigenvalue weighted by Gasteiger charge is -2.15. The standard InChI is InChI=1S/C14H11BrClFIN/c15-12-7-10(17)3-1-8(12)5-14(19)11-6-9(16)2-4-13(11)18/h1-4,6-7,14H,5,19H2. The molecule has 2 aromatic carbocycles. The maximum atomic E-state index is 13.0. The van der Waals surface area contributed by atoms with E-state index in [9.17, 15) is 4.39 Å². The van der Waals surface area contributed by atoms with Crippen LogP contribution >= 0.6 is 50.1 Å². The fourth-order valence-corrected chi connectivity index (χ4v) is 3.26. The van der Waals surface area contributed by atoms with Gasteiger partial charge in [0.05, 0.1) is 0 Å². The number of hydrogen-bond donors (Lipinski definition) is 1. The van der Waals surface area contributed by atoms with Crippen LogP contribution in [0.1, 0.15) is 17.2 Å². The third-order valence-electron chi connectivity index (χ3n) is 2.81. The molecule has 0 amide bonds. The van der Waals surface area contributed by atoms with Crippen LogP contribution in [0.4, 0.5) is 4.39 Å². The van der Waals surface area contributed by atoms with Crippen molar-refractivity contribution >= 4 is 50.1 Å². The minimum atomic E-state index is -0.262. The minimum Gasteiger partial charge on any atom is -0.324 e. The lowest BCUT2D eigenvalue weighted by Crippen LogP contribution is -2.15. The summed E-state index contributed by atoms with van der Waals surface area (Å²) in [4.78, 5) is 0. The van der Waals surface area contributed by atoms with Crippen LogP contribution in [0, 0.1) is 9.39 Å². The average molecular weight is 455 g/mol. The van der Waals surface area contributed by atoms with E-state index in [-0.39, 0.29) is 11.9 Å². The molecular formula is C14H11BrClFIN. The zero-order valence-corrected chi connectivity index (χ0v) is 14.3. The molecule has 0 aromatic heterocycles. The van der Waals surface area contributed by atoms with Gasteiger partial charge < -0.3 is 5.73 Å². The molecule has 5 heteroatoms. The molecule has 0 heterocycles. The van der Waals surface area contributed by atoms with E-state index >= 15 is 0 Å². The SMILES string of the molecule is NC(Cc1ccc(F)cc1Br)c1cc(Cl)ccc1I. The zero-order chi connectivity index (χ0) is 14.0. The van der Waals surface area contributed by atoms with Crippen molar-refractivity contribution in [3.8, 4) is 0 Å². The molecule has 0 bridgehead atoms. The Labute approximate surface area is 138 Å². The summed E-state index contributed by atoms with van der Waals surface area (Å²) in [6.45, 7) is 0. The normalized spacial score (nSPS) is 12.5. The Balaban J connectivity index is 2.25. The predicted octanol–water partition coefficient (Wildman–Crippen LogP) is 5.09. The van der Waals surface area contributed by atoms with Crippen LogP contribution in [0.25, 0.3) is 0 Å². The highest BCUT2D eigenvalue weighted by molar-refractivity contribution is 14.1. The second-order valence-corrected chi connectivity index (χ2v) is 6.67. The first-order valence-electron chi connectivity index (χ1n) is 5.62. The van der Waals surface area contributed by atoms with E-state index in [0.29, 0.717) is 11.4 Å². The van der Waals surface area contributed by atoms with Crippen molar-refractivity contribution in [2.24, 2.45) is 5.73 Å². The number of rotatable bonds is 3. The second-order valence-electron chi connectivity index (χ2n) is 4.21. The van der Waals surface area contributed by atoms with Crippen molar-refractivity contribution < 1.29 is 4.39 Å². The van der Waals surface area contributed by atoms with Crippen molar-refractivity contribution in [2.75, 3.05) is 0 Å². The van der Waals surface area contributed by atoms with Crippen molar-refractivity contribution in [2.45, 2.75) is 12.5 Å². The maximum Gasteiger partial charge on any atom is 0.124 e. The molecule has 0 spiro atoms. The first-order chi connectivity index (χ1) is 8.97. The Morgan fingerprint density at radius 1 is 1.26 bits per heavy atom. The molecule has 1 unspecified atom stereocenters. The van der Waals surface area contributed by atoms with Gasteiger partial charge in [0.15, 0.2) is 0 Å². The Hall–Kier alpha value is -0.170. The summed E-state index contributed by atoms with van der Waals surface area (Å²) in [6, 6.07) is 10.1. The van der Waals surface area contributed by atoms with Crippen LogP contribution in [0.3, 0.4) is 0 Å². The van der Waals surface area contributed by atoms with Crippen LogP contribution in [-0.4, -0.2) is 0 Å². The summed E-state index contributed by atoms with van der Waals surface area (Å²) in [5, 5.41) is 0.670. The van der Waals surface area contributed by atoms with Crippen LogP contribution in [-0.2, 0) is 6.42 Å². The fourth-order valence-electron chi connectivity index (χ4n) is 1.83. The topological polar surface area (TPSA) is 26.0 Å². The highest BCUT2D eigenvalue weighted by atomic mass is 127. The first kappa shape index (κ1) is 15.2. The van der Waals surface area contributed by atoms with E-state index in [1.807, 2.05) is 18.2 Å². The van der Waals surface area contributed by atoms with Gasteiger partial charge in [0, 0.05) is 19.1 Å². The molecule has 2 aromatic rings. The van der Waals surface area contributed by atoms with Crippen LogP contribution in [0.15, 0.2) is 40.9 Å². The molecule has 100 valence electrons. The summed E-state index contributed by atoms with van der Waals surface area (Å²) in [6.07, 6.45) is 0.622. The van der Waals surface area contributed by atoms with Crippen molar-refractivity contribution in [3.63, 3.8) is 0 Å². The summed E-state index contributed by atoms with van der Waals surface area (Å²) in [7, 11) is 0. The van der Waals surface area contributed by atoms with E-state index < -0.39 is 0 Å². The highest BCUT2D eigenvalue weighted by Gasteiger charge is 2.13. The van der Waals surface area contributed by atoms with Gasteiger partial charge in [-0.05, 0) is 70.5 Å². The van der Waals surface area contributed by atoms with Gasteiger partial charge in [0.25, 0.3) is 0 Å². The maximum absolute atomic E-state index is 13.0. The zero-order valence-electron chi connectivity index (χ0n) is 9.84. The Bertz CT molecular complexity index is 606. The number of nitrogens with two attached hydrogens (primary N) is 1. The van der Waals surface area contributed by atoms with E-state index in [0.717, 1.165) is 19.2 Å². The number of benzene rings is 2. The molecular weight excluding hydrogens is 443 g/mol. The van der Waals surface area contributed by atoms with E-state index in [1.54, 1.807) is 6.07 Å². The predicted molar refractivity (Wildman–Crippen MR) is 88.9 cm³/mol. The van der Waals surface area contributed by atoms with Crippen LogP contribution in [0.5, 0.6) is 0 Å². The van der Waals surface area contributed by atoms with Crippen LogP contribution in [0.2, 0.25) is 5.02 Å². The lowest BCUT2D eigenvalue weighted by molar-refractivity contribution is 0.624. The summed E-state index contributed by atoms with van der Waals surface area (Å²) in [5.41, 5.74) is 8.21. The molecule has 2 rings (SSSR count). The molecule has 0 fully saturated rings. The Morgan fingerprint density at radius 2 is 2.00 bits per heavy atom. The molecule has 2 N–H and O–H groups in total. The minimum absolute atomic E-state index is 0.174. The van der Waals surface area contributed by atoms with Crippen molar-refractivity contribution in [1.29, 1.82) is 0 Å². The van der Waals surface area contributed by atoms with Gasteiger partial charge in [-0.2, -0.15) is 0 Å². The van der Waals surface area contributed by atoms with Gasteiger partial charge in [-0.1, -0.05) is 33.6 Å². The lowest BCUT2D eigenvalue weighted by atomic mass is 10.00. The molecule has 0 saturated heterocycles. The summed E-state index contributed by atoms with van der Waals surface area (Å²) in [5.74, 6) is -0.262. The molecule has 0 aliphatic heterocycles. The molecule has 0 aliphatic rings. The highest BCUT2D eigenvalue weighted by Crippen LogP contribution is 2.27. The van der Waals surface area contributed by atoms with Gasteiger partial charge in [-0.3, -0.25) is 0 Å². The average Bonchev–Trinajstić information content (AvgIpc) is 2.35. The smallest absolute Gasteiger partial charge is 0.124 e. The molecule has 0 aliphatic carbocycles. The van der Waals surface area contributed by atoms with Gasteiger partial charge in [-0.25, -0.2) is 4.39 Å². The fraction of sp³-hybridized carbons (Fsp3) is 0.143. The largest absolute Gasteiger partial charge is 0.324 e. The second kappa shape index (κ2) is 6.52. The van der Waals surface area contributed by atoms with Crippen LogP contribution < -0.4 is 5.73 Å². The first-order valence-corrected chi connectivity index (χ1v) is 7.87. The monoisotopic (exact) mass is 453 g/mol. The van der Waals surface area contributed by atoms with Gasteiger partial charge in [0.1, 0.15) is 5.82 Å². The van der Waals surface area contributed by atoms with Crippen molar-refractivity contribution in [1.82, 2.24) is 0 Å². The molecule has 0 radical (unpaired) electrons. The third-order valence-corrected chi connectivity index (χ3v) is 4.77. The molecule has 19 heavy (non-hydrogen) atoms. The Kier molecular flexibility index (Phi) is 5.22. The summed E-state index contributed by atoms with van der Waals surface area (Å²) < 4.78 is 14.9. The van der Waals surface area contributed by atoms with Gasteiger partial charge in [0.2, 0.25) is 0 Å². The van der Waals surface area contributed by atoms with Gasteiger partial charge >= 0.3 is 0 Å². The van der Waals surface area contributed by atoms with Crippen molar-refractivity contribution in [3.05, 3.63) is 66.4 Å². The van der Waals surface area contributed by atoms with E-state index in [2.05, 4.69) is 38.5 Å². The van der Waals surface area contributed by atoms with E-state index in [4.69, 9.17) is 17.3 Å². The molecule has 0 saturated carbocycles. The number of halogens is 4. The quantitative estimate of drug-likeness (QED) is 0.643. The van der Waals surface area contributed by atoms with Gasteiger partial charge in [-0.15, -0.1) is 0 Å². The summed E-state index contributed by atoms with van der Waals surface area (Å²) >= 11 is 11.6. The number of hydrogen-bond acceptors (Lipinski definition) is 1. The van der Waals surface area contributed by atoms with E-state index in [1.165, 1.54) is 12.1 Å². The molecule has 1 nitrogen and oxygen atoms in total.